The van der Waals surface area contributed by atoms with Crippen molar-refractivity contribution in [2.45, 2.75) is 24.7 Å². The molecule has 5 nitrogen and oxygen atoms in total. The number of hydrogen-bond acceptors (Lipinski definition) is 4. The molecule has 0 saturated heterocycles. The summed E-state index contributed by atoms with van der Waals surface area (Å²) >= 11 is 5.76. The van der Waals surface area contributed by atoms with Crippen molar-refractivity contribution in [2.75, 3.05) is 19.3 Å². The Morgan fingerprint density at radius 3 is 2.71 bits per heavy atom. The lowest BCUT2D eigenvalue weighted by Gasteiger charge is -2.16. The lowest BCUT2D eigenvalue weighted by Crippen LogP contribution is -2.28. The number of anilines is 1. The van der Waals surface area contributed by atoms with Crippen LogP contribution < -0.4 is 5.73 Å². The molecule has 0 fully saturated rings. The number of nitrogens with two attached hydrogens (primary N) is 1. The lowest BCUT2D eigenvalue weighted by atomic mass is 10.3. The van der Waals surface area contributed by atoms with Crippen LogP contribution in [-0.2, 0) is 10.0 Å². The summed E-state index contributed by atoms with van der Waals surface area (Å²) < 4.78 is 25.5. The third-order valence-corrected chi connectivity index (χ3v) is 4.50. The van der Waals surface area contributed by atoms with Gasteiger partial charge in [0.05, 0.1) is 5.02 Å². The van der Waals surface area contributed by atoms with E-state index in [4.69, 9.17) is 17.3 Å². The highest BCUT2D eigenvalue weighted by Gasteiger charge is 2.21. The SMILES string of the molecule is CCCCN(C)S(=O)(=O)c1cnc(N)c(Cl)c1. The molecule has 0 aliphatic carbocycles. The Hall–Kier alpha value is -0.850. The number of unbranched alkanes of at least 4 members (excludes halogenated alkanes) is 1. The molecule has 0 spiro atoms. The normalized spacial score (nSPS) is 12.0. The Kier molecular flexibility index (Phi) is 4.73. The Morgan fingerprint density at radius 2 is 2.18 bits per heavy atom. The molecule has 1 aromatic heterocycles. The van der Waals surface area contributed by atoms with Gasteiger partial charge in [0.25, 0.3) is 0 Å². The van der Waals surface area contributed by atoms with Crippen molar-refractivity contribution >= 4 is 27.4 Å². The van der Waals surface area contributed by atoms with Crippen LogP contribution in [0.2, 0.25) is 5.02 Å². The summed E-state index contributed by atoms with van der Waals surface area (Å²) in [5.74, 6) is 0.127. The molecule has 0 atom stereocenters. The van der Waals surface area contributed by atoms with Crippen molar-refractivity contribution in [3.8, 4) is 0 Å². The number of pyridine rings is 1. The largest absolute Gasteiger partial charge is 0.382 e. The quantitative estimate of drug-likeness (QED) is 0.889. The van der Waals surface area contributed by atoms with Crippen LogP contribution in [0.1, 0.15) is 19.8 Å². The molecule has 7 heteroatoms. The molecule has 0 unspecified atom stereocenters. The second-order valence-corrected chi connectivity index (χ2v) is 6.17. The van der Waals surface area contributed by atoms with Crippen molar-refractivity contribution in [1.29, 1.82) is 0 Å². The smallest absolute Gasteiger partial charge is 0.244 e. The van der Waals surface area contributed by atoms with E-state index in [9.17, 15) is 8.42 Å². The Labute approximate surface area is 107 Å². The topological polar surface area (TPSA) is 76.3 Å². The van der Waals surface area contributed by atoms with Gasteiger partial charge < -0.3 is 5.73 Å². The summed E-state index contributed by atoms with van der Waals surface area (Å²) in [7, 11) is -1.98. The molecule has 0 saturated carbocycles. The molecule has 0 aliphatic rings. The first-order valence-electron chi connectivity index (χ1n) is 5.27. The fraction of sp³-hybridized carbons (Fsp3) is 0.500. The van der Waals surface area contributed by atoms with E-state index in [-0.39, 0.29) is 15.7 Å². The van der Waals surface area contributed by atoms with Crippen LogP contribution in [0.3, 0.4) is 0 Å². The van der Waals surface area contributed by atoms with E-state index in [0.717, 1.165) is 12.8 Å². The van der Waals surface area contributed by atoms with Gasteiger partial charge in [-0.2, -0.15) is 0 Å². The van der Waals surface area contributed by atoms with Crippen molar-refractivity contribution in [1.82, 2.24) is 9.29 Å². The van der Waals surface area contributed by atoms with Gasteiger partial charge in [-0.3, -0.25) is 0 Å². The van der Waals surface area contributed by atoms with E-state index in [2.05, 4.69) is 4.98 Å². The summed E-state index contributed by atoms with van der Waals surface area (Å²) in [5, 5.41) is 0.148. The van der Waals surface area contributed by atoms with Gasteiger partial charge >= 0.3 is 0 Å². The Morgan fingerprint density at radius 1 is 1.53 bits per heavy atom. The fourth-order valence-electron chi connectivity index (χ4n) is 1.25. The summed E-state index contributed by atoms with van der Waals surface area (Å²) in [6, 6.07) is 1.32. The zero-order valence-corrected chi connectivity index (χ0v) is 11.4. The number of nitrogens with zero attached hydrogens (tertiary/aromatic N) is 2. The summed E-state index contributed by atoms with van der Waals surface area (Å²) in [6.07, 6.45) is 2.96. The number of hydrogen-bond donors (Lipinski definition) is 1. The molecule has 1 rings (SSSR count). The van der Waals surface area contributed by atoms with Crippen LogP contribution in [0.5, 0.6) is 0 Å². The molecule has 1 aromatic rings. The molecular formula is C10H16ClN3O2S. The van der Waals surface area contributed by atoms with Crippen molar-refractivity contribution < 1.29 is 8.42 Å². The van der Waals surface area contributed by atoms with Crippen molar-refractivity contribution in [3.63, 3.8) is 0 Å². The van der Waals surface area contributed by atoms with Crippen LogP contribution in [0, 0.1) is 0 Å². The summed E-state index contributed by atoms with van der Waals surface area (Å²) in [6.45, 7) is 2.48. The molecule has 0 aliphatic heterocycles. The van der Waals surface area contributed by atoms with Crippen LogP contribution in [0.25, 0.3) is 0 Å². The number of sulfonamides is 1. The minimum Gasteiger partial charge on any atom is -0.382 e. The number of rotatable bonds is 5. The molecule has 0 bridgehead atoms. The highest BCUT2D eigenvalue weighted by molar-refractivity contribution is 7.89. The molecule has 0 aromatic carbocycles. The molecule has 1 heterocycles. The number of aromatic nitrogens is 1. The van der Waals surface area contributed by atoms with E-state index in [1.54, 1.807) is 0 Å². The van der Waals surface area contributed by atoms with Crippen LogP contribution >= 0.6 is 11.6 Å². The van der Waals surface area contributed by atoms with E-state index < -0.39 is 10.0 Å². The monoisotopic (exact) mass is 277 g/mol. The standard InChI is InChI=1S/C10H16ClN3O2S/c1-3-4-5-14(2)17(15,16)8-6-9(11)10(12)13-7-8/h6-7H,3-5H2,1-2H3,(H2,12,13). The fourth-order valence-corrected chi connectivity index (χ4v) is 2.67. The molecule has 0 amide bonds. The molecule has 2 N–H and O–H groups in total. The van der Waals surface area contributed by atoms with Crippen LogP contribution in [-0.4, -0.2) is 31.3 Å². The van der Waals surface area contributed by atoms with Crippen molar-refractivity contribution in [3.05, 3.63) is 17.3 Å². The number of halogens is 1. The molecule has 17 heavy (non-hydrogen) atoms. The van der Waals surface area contributed by atoms with Gasteiger partial charge in [-0.1, -0.05) is 24.9 Å². The zero-order valence-electron chi connectivity index (χ0n) is 9.85. The van der Waals surface area contributed by atoms with E-state index in [1.165, 1.54) is 23.6 Å². The predicted molar refractivity (Wildman–Crippen MR) is 68.4 cm³/mol. The van der Waals surface area contributed by atoms with Gasteiger partial charge in [-0.25, -0.2) is 17.7 Å². The minimum absolute atomic E-state index is 0.0651. The third-order valence-electron chi connectivity index (χ3n) is 2.38. The average Bonchev–Trinajstić information content (AvgIpc) is 2.29. The summed E-state index contributed by atoms with van der Waals surface area (Å²) in [5.41, 5.74) is 5.44. The average molecular weight is 278 g/mol. The first-order chi connectivity index (χ1) is 7.89. The summed E-state index contributed by atoms with van der Waals surface area (Å²) in [4.78, 5) is 3.81. The maximum atomic E-state index is 12.1. The van der Waals surface area contributed by atoms with E-state index >= 15 is 0 Å². The number of nitrogen functional groups attached to an aromatic ring is 1. The van der Waals surface area contributed by atoms with Gasteiger partial charge in [-0.15, -0.1) is 0 Å². The highest BCUT2D eigenvalue weighted by atomic mass is 35.5. The predicted octanol–water partition coefficient (Wildman–Crippen LogP) is 1.74. The molecule has 96 valence electrons. The van der Waals surface area contributed by atoms with Gasteiger partial charge in [0.1, 0.15) is 10.7 Å². The van der Waals surface area contributed by atoms with Gasteiger partial charge in [0, 0.05) is 19.8 Å². The van der Waals surface area contributed by atoms with Gasteiger partial charge in [0.15, 0.2) is 0 Å². The second-order valence-electron chi connectivity index (χ2n) is 3.72. The maximum Gasteiger partial charge on any atom is 0.244 e. The van der Waals surface area contributed by atoms with E-state index in [0.29, 0.717) is 6.54 Å². The third kappa shape index (κ3) is 3.31. The maximum absolute atomic E-state index is 12.1. The van der Waals surface area contributed by atoms with Crippen LogP contribution in [0.4, 0.5) is 5.82 Å². The van der Waals surface area contributed by atoms with Crippen molar-refractivity contribution in [2.24, 2.45) is 0 Å². The highest BCUT2D eigenvalue weighted by Crippen LogP contribution is 2.21. The second kappa shape index (κ2) is 5.66. The minimum atomic E-state index is -3.52. The van der Waals surface area contributed by atoms with Crippen LogP contribution in [0.15, 0.2) is 17.2 Å². The Balaban J connectivity index is 3.00. The Bertz CT molecular complexity index is 490. The molecular weight excluding hydrogens is 262 g/mol. The molecule has 0 radical (unpaired) electrons. The van der Waals surface area contributed by atoms with E-state index in [1.807, 2.05) is 6.92 Å². The lowest BCUT2D eigenvalue weighted by molar-refractivity contribution is 0.459. The zero-order chi connectivity index (χ0) is 13.1. The van der Waals surface area contributed by atoms with Gasteiger partial charge in [-0.05, 0) is 12.5 Å². The van der Waals surface area contributed by atoms with Gasteiger partial charge in [0.2, 0.25) is 10.0 Å². The first-order valence-corrected chi connectivity index (χ1v) is 7.08. The first kappa shape index (κ1) is 14.2.